The number of rotatable bonds is 1. The van der Waals surface area contributed by atoms with Crippen LogP contribution in [0.5, 0.6) is 0 Å². The zero-order valence-electron chi connectivity index (χ0n) is 8.80. The van der Waals surface area contributed by atoms with E-state index in [2.05, 4.69) is 0 Å². The van der Waals surface area contributed by atoms with E-state index in [-0.39, 0.29) is 11.6 Å². The molecule has 0 saturated carbocycles. The predicted octanol–water partition coefficient (Wildman–Crippen LogP) is 4.34. The highest BCUT2D eigenvalue weighted by molar-refractivity contribution is 7.20. The number of Topliss-reactive ketones (excluding diaryl/α,β-unsaturated/α-hetero) is 1. The Bertz CT molecular complexity index is 601. The van der Waals surface area contributed by atoms with Gasteiger partial charge in [-0.05, 0) is 29.7 Å². The number of benzene rings is 1. The quantitative estimate of drug-likeness (QED) is 0.751. The van der Waals surface area contributed by atoms with Crippen molar-refractivity contribution in [3.63, 3.8) is 0 Å². The van der Waals surface area contributed by atoms with Gasteiger partial charge in [0.05, 0.1) is 4.34 Å². The Morgan fingerprint density at radius 2 is 1.88 bits per heavy atom. The van der Waals surface area contributed by atoms with Crippen LogP contribution < -0.4 is 0 Å². The van der Waals surface area contributed by atoms with Crippen molar-refractivity contribution in [2.45, 2.75) is 12.8 Å². The van der Waals surface area contributed by atoms with Gasteiger partial charge in [-0.15, -0.1) is 11.3 Å². The molecule has 3 rings (SSSR count). The van der Waals surface area contributed by atoms with Gasteiger partial charge in [-0.2, -0.15) is 0 Å². The van der Waals surface area contributed by atoms with Gasteiger partial charge in [0, 0.05) is 16.9 Å². The van der Waals surface area contributed by atoms with E-state index in [0.717, 1.165) is 28.0 Å². The van der Waals surface area contributed by atoms with Crippen LogP contribution in [0.4, 0.5) is 4.39 Å². The molecule has 1 aliphatic rings. The van der Waals surface area contributed by atoms with Gasteiger partial charge < -0.3 is 0 Å². The summed E-state index contributed by atoms with van der Waals surface area (Å²) in [7, 11) is 0. The summed E-state index contributed by atoms with van der Waals surface area (Å²) in [6, 6.07) is 6.16. The monoisotopic (exact) mass is 266 g/mol. The lowest BCUT2D eigenvalue weighted by atomic mass is 10.1. The lowest BCUT2D eigenvalue weighted by molar-refractivity contribution is 0.0995. The summed E-state index contributed by atoms with van der Waals surface area (Å²) in [5.41, 5.74) is 2.56. The molecule has 0 spiro atoms. The Morgan fingerprint density at radius 3 is 2.59 bits per heavy atom. The lowest BCUT2D eigenvalue weighted by Gasteiger charge is -2.00. The van der Waals surface area contributed by atoms with Crippen molar-refractivity contribution < 1.29 is 9.18 Å². The highest BCUT2D eigenvalue weighted by atomic mass is 35.5. The molecule has 0 atom stereocenters. The van der Waals surface area contributed by atoms with Gasteiger partial charge in [0.15, 0.2) is 5.78 Å². The molecule has 0 amide bonds. The molecule has 0 saturated heterocycles. The van der Waals surface area contributed by atoms with E-state index in [0.29, 0.717) is 10.8 Å². The van der Waals surface area contributed by atoms with Crippen molar-refractivity contribution in [2.75, 3.05) is 0 Å². The normalized spacial score (nSPS) is 14.1. The molecular weight excluding hydrogens is 259 g/mol. The molecule has 1 nitrogen and oxygen atoms in total. The van der Waals surface area contributed by atoms with E-state index in [1.165, 1.54) is 23.5 Å². The third-order valence-corrected chi connectivity index (χ3v) is 4.47. The second-order valence-corrected chi connectivity index (χ2v) is 5.61. The molecule has 1 aliphatic carbocycles. The summed E-state index contributed by atoms with van der Waals surface area (Å²) in [6.07, 6.45) is 1.26. The summed E-state index contributed by atoms with van der Waals surface area (Å²) in [5.74, 6) is -0.137. The van der Waals surface area contributed by atoms with Crippen LogP contribution in [0.2, 0.25) is 4.34 Å². The van der Waals surface area contributed by atoms with Crippen LogP contribution in [0, 0.1) is 5.82 Å². The first-order valence-corrected chi connectivity index (χ1v) is 6.46. The van der Waals surface area contributed by atoms with Crippen LogP contribution >= 0.6 is 22.9 Å². The van der Waals surface area contributed by atoms with Crippen molar-refractivity contribution in [1.29, 1.82) is 0 Å². The Morgan fingerprint density at radius 1 is 1.18 bits per heavy atom. The largest absolute Gasteiger partial charge is 0.294 e. The third kappa shape index (κ3) is 1.70. The smallest absolute Gasteiger partial charge is 0.165 e. The van der Waals surface area contributed by atoms with E-state index in [9.17, 15) is 9.18 Å². The average molecular weight is 267 g/mol. The Balaban J connectivity index is 2.19. The van der Waals surface area contributed by atoms with E-state index in [4.69, 9.17) is 11.6 Å². The van der Waals surface area contributed by atoms with Gasteiger partial charge >= 0.3 is 0 Å². The zero-order chi connectivity index (χ0) is 12.0. The fourth-order valence-corrected chi connectivity index (χ4v) is 3.64. The molecule has 0 fully saturated rings. The third-order valence-electron chi connectivity index (χ3n) is 2.95. The number of halogens is 2. The minimum atomic E-state index is -0.278. The Labute approximate surface area is 107 Å². The van der Waals surface area contributed by atoms with Gasteiger partial charge in [0.25, 0.3) is 0 Å². The summed E-state index contributed by atoms with van der Waals surface area (Å²) < 4.78 is 13.6. The number of thiophene rings is 1. The van der Waals surface area contributed by atoms with E-state index in [1.54, 1.807) is 12.1 Å². The zero-order valence-corrected chi connectivity index (χ0v) is 10.4. The first-order valence-electron chi connectivity index (χ1n) is 5.27. The van der Waals surface area contributed by atoms with Crippen LogP contribution in [0.25, 0.3) is 10.4 Å². The van der Waals surface area contributed by atoms with E-state index in [1.807, 2.05) is 0 Å². The highest BCUT2D eigenvalue weighted by Gasteiger charge is 2.28. The predicted molar refractivity (Wildman–Crippen MR) is 67.4 cm³/mol. The van der Waals surface area contributed by atoms with Crippen LogP contribution in [0.3, 0.4) is 0 Å². The van der Waals surface area contributed by atoms with Gasteiger partial charge in [-0.1, -0.05) is 23.7 Å². The maximum absolute atomic E-state index is 12.9. The van der Waals surface area contributed by atoms with E-state index < -0.39 is 0 Å². The van der Waals surface area contributed by atoms with Gasteiger partial charge in [0.1, 0.15) is 5.82 Å². The van der Waals surface area contributed by atoms with Gasteiger partial charge in [-0.3, -0.25) is 4.79 Å². The topological polar surface area (TPSA) is 17.1 Å². The fourth-order valence-electron chi connectivity index (χ4n) is 2.12. The lowest BCUT2D eigenvalue weighted by Crippen LogP contribution is -1.91. The molecular formula is C13H8ClFOS. The molecule has 1 aromatic heterocycles. The second kappa shape index (κ2) is 3.93. The van der Waals surface area contributed by atoms with Gasteiger partial charge in [-0.25, -0.2) is 4.39 Å². The molecule has 1 aromatic carbocycles. The highest BCUT2D eigenvalue weighted by Crippen LogP contribution is 2.43. The second-order valence-electron chi connectivity index (χ2n) is 3.99. The molecule has 2 aromatic rings. The van der Waals surface area contributed by atoms with Crippen molar-refractivity contribution in [2.24, 2.45) is 0 Å². The Hall–Kier alpha value is -1.19. The first-order chi connectivity index (χ1) is 8.16. The molecule has 86 valence electrons. The van der Waals surface area contributed by atoms with E-state index >= 15 is 0 Å². The van der Waals surface area contributed by atoms with Crippen LogP contribution in [0.1, 0.15) is 22.3 Å². The fraction of sp³-hybridized carbons (Fsp3) is 0.154. The number of carbonyl (C=O) groups excluding carboxylic acids is 1. The van der Waals surface area contributed by atoms with Gasteiger partial charge in [0.2, 0.25) is 0 Å². The Kier molecular flexibility index (Phi) is 2.53. The number of hydrogen-bond acceptors (Lipinski definition) is 2. The van der Waals surface area contributed by atoms with Crippen molar-refractivity contribution in [3.05, 3.63) is 45.5 Å². The number of carbonyl (C=O) groups is 1. The summed E-state index contributed by atoms with van der Waals surface area (Å²) in [5, 5.41) is 0. The summed E-state index contributed by atoms with van der Waals surface area (Å²) >= 11 is 7.53. The standard InChI is InChI=1S/C13H8ClFOS/c14-13-9-5-6-10(16)11(9)12(17-13)7-1-3-8(15)4-2-7/h1-4H,5-6H2. The summed E-state index contributed by atoms with van der Waals surface area (Å²) in [4.78, 5) is 12.7. The van der Waals surface area contributed by atoms with Crippen molar-refractivity contribution >= 4 is 28.7 Å². The van der Waals surface area contributed by atoms with Crippen LogP contribution in [-0.4, -0.2) is 5.78 Å². The summed E-state index contributed by atoms with van der Waals surface area (Å²) in [6.45, 7) is 0. The SMILES string of the molecule is O=C1CCc2c(Cl)sc(-c3ccc(F)cc3)c21. The average Bonchev–Trinajstić information content (AvgIpc) is 2.83. The molecule has 0 unspecified atom stereocenters. The minimum Gasteiger partial charge on any atom is -0.294 e. The number of ketones is 1. The molecule has 0 N–H and O–H groups in total. The number of hydrogen-bond donors (Lipinski definition) is 0. The van der Waals surface area contributed by atoms with Crippen LogP contribution in [0.15, 0.2) is 24.3 Å². The minimum absolute atomic E-state index is 0.141. The molecule has 0 radical (unpaired) electrons. The molecule has 17 heavy (non-hydrogen) atoms. The van der Waals surface area contributed by atoms with Crippen molar-refractivity contribution in [1.82, 2.24) is 0 Å². The maximum Gasteiger partial charge on any atom is 0.165 e. The van der Waals surface area contributed by atoms with Crippen LogP contribution in [-0.2, 0) is 6.42 Å². The molecule has 0 bridgehead atoms. The maximum atomic E-state index is 12.9. The first kappa shape index (κ1) is 10.9. The molecule has 4 heteroatoms. The number of fused-ring (bicyclic) bond motifs is 1. The van der Waals surface area contributed by atoms with Crippen molar-refractivity contribution in [3.8, 4) is 10.4 Å². The molecule has 0 aliphatic heterocycles. The molecule has 1 heterocycles.